The molecule has 0 aromatic heterocycles. The minimum Gasteiger partial charge on any atom is -0.493 e. The van der Waals surface area contributed by atoms with Crippen LogP contribution in [0.3, 0.4) is 0 Å². The normalized spacial score (nSPS) is 14.3. The van der Waals surface area contributed by atoms with Crippen LogP contribution in [0.25, 0.3) is 0 Å². The number of benzene rings is 2. The van der Waals surface area contributed by atoms with Crippen LogP contribution >= 0.6 is 0 Å². The van der Waals surface area contributed by atoms with Crippen LogP contribution in [0.1, 0.15) is 5.56 Å². The number of anilines is 1. The molecule has 0 N–H and O–H groups in total. The second-order valence-corrected chi connectivity index (χ2v) is 7.03. The fourth-order valence-corrected chi connectivity index (χ4v) is 3.61. The lowest BCUT2D eigenvalue weighted by Crippen LogP contribution is -2.51. The standard InChI is InChI=1S/C22H29N3O3/c1-23(16-18-8-7-11-20(27-2)22(18)28-3)17-21(26)25-14-12-24(13-15-25)19-9-5-4-6-10-19/h4-11H,12-17H2,1-3H3. The number of methoxy groups -OCH3 is 2. The van der Waals surface area contributed by atoms with Crippen LogP contribution in [-0.2, 0) is 11.3 Å². The number of para-hydroxylation sites is 2. The zero-order valence-electron chi connectivity index (χ0n) is 16.9. The number of hydrogen-bond donors (Lipinski definition) is 0. The second-order valence-electron chi connectivity index (χ2n) is 7.03. The van der Waals surface area contributed by atoms with Crippen molar-refractivity contribution < 1.29 is 14.3 Å². The molecule has 1 heterocycles. The van der Waals surface area contributed by atoms with Gasteiger partial charge in [-0.05, 0) is 25.2 Å². The highest BCUT2D eigenvalue weighted by molar-refractivity contribution is 5.78. The van der Waals surface area contributed by atoms with Gasteiger partial charge in [0.1, 0.15) is 0 Å². The first-order valence-electron chi connectivity index (χ1n) is 9.58. The van der Waals surface area contributed by atoms with E-state index in [1.54, 1.807) is 14.2 Å². The Bertz CT molecular complexity index is 774. The SMILES string of the molecule is COc1cccc(CN(C)CC(=O)N2CCN(c3ccccc3)CC2)c1OC. The number of carbonyl (C=O) groups is 1. The summed E-state index contributed by atoms with van der Waals surface area (Å²) in [7, 11) is 5.22. The minimum absolute atomic E-state index is 0.164. The van der Waals surface area contributed by atoms with E-state index in [4.69, 9.17) is 9.47 Å². The van der Waals surface area contributed by atoms with Crippen molar-refractivity contribution >= 4 is 11.6 Å². The quantitative estimate of drug-likeness (QED) is 0.735. The van der Waals surface area contributed by atoms with Gasteiger partial charge in [-0.3, -0.25) is 9.69 Å². The lowest BCUT2D eigenvalue weighted by molar-refractivity contribution is -0.132. The minimum atomic E-state index is 0.164. The van der Waals surface area contributed by atoms with Gasteiger partial charge in [0, 0.05) is 44.0 Å². The number of rotatable bonds is 7. The molecule has 0 saturated carbocycles. The van der Waals surface area contributed by atoms with E-state index >= 15 is 0 Å². The number of carbonyl (C=O) groups excluding carboxylic acids is 1. The van der Waals surface area contributed by atoms with Crippen LogP contribution in [-0.4, -0.2) is 69.7 Å². The average molecular weight is 383 g/mol. The molecule has 28 heavy (non-hydrogen) atoms. The molecule has 0 spiro atoms. The van der Waals surface area contributed by atoms with Crippen LogP contribution in [0.4, 0.5) is 5.69 Å². The van der Waals surface area contributed by atoms with E-state index in [0.29, 0.717) is 18.8 Å². The van der Waals surface area contributed by atoms with Gasteiger partial charge in [-0.2, -0.15) is 0 Å². The van der Waals surface area contributed by atoms with Gasteiger partial charge < -0.3 is 19.3 Å². The Balaban J connectivity index is 1.53. The molecule has 1 saturated heterocycles. The van der Waals surface area contributed by atoms with Gasteiger partial charge in [0.2, 0.25) is 5.91 Å². The highest BCUT2D eigenvalue weighted by Gasteiger charge is 2.22. The summed E-state index contributed by atoms with van der Waals surface area (Å²) >= 11 is 0. The third kappa shape index (κ3) is 4.75. The summed E-state index contributed by atoms with van der Waals surface area (Å²) in [6, 6.07) is 16.2. The molecule has 0 bridgehead atoms. The summed E-state index contributed by atoms with van der Waals surface area (Å²) in [6.07, 6.45) is 0. The van der Waals surface area contributed by atoms with Crippen molar-refractivity contribution in [1.29, 1.82) is 0 Å². The lowest BCUT2D eigenvalue weighted by atomic mass is 10.1. The van der Waals surface area contributed by atoms with Crippen LogP contribution in [0.2, 0.25) is 0 Å². The van der Waals surface area contributed by atoms with E-state index in [9.17, 15) is 4.79 Å². The number of hydrogen-bond acceptors (Lipinski definition) is 5. The maximum absolute atomic E-state index is 12.7. The Kier molecular flexibility index (Phi) is 6.76. The van der Waals surface area contributed by atoms with E-state index < -0.39 is 0 Å². The third-order valence-electron chi connectivity index (χ3n) is 5.08. The molecule has 1 aliphatic heterocycles. The maximum atomic E-state index is 12.7. The summed E-state index contributed by atoms with van der Waals surface area (Å²) in [6.45, 7) is 4.24. The van der Waals surface area contributed by atoms with Crippen molar-refractivity contribution in [3.8, 4) is 11.5 Å². The molecule has 1 fully saturated rings. The fourth-order valence-electron chi connectivity index (χ4n) is 3.61. The number of piperazine rings is 1. The van der Waals surface area contributed by atoms with E-state index in [2.05, 4.69) is 29.2 Å². The summed E-state index contributed by atoms with van der Waals surface area (Å²) in [5.74, 6) is 1.59. The van der Waals surface area contributed by atoms with Gasteiger partial charge in [-0.1, -0.05) is 30.3 Å². The van der Waals surface area contributed by atoms with Crippen molar-refractivity contribution in [2.45, 2.75) is 6.54 Å². The first-order valence-corrected chi connectivity index (χ1v) is 9.58. The molecule has 0 unspecified atom stereocenters. The van der Waals surface area contributed by atoms with Crippen molar-refractivity contribution in [2.24, 2.45) is 0 Å². The van der Waals surface area contributed by atoms with Gasteiger partial charge in [0.05, 0.1) is 20.8 Å². The fraction of sp³-hybridized carbons (Fsp3) is 0.409. The predicted molar refractivity (Wildman–Crippen MR) is 111 cm³/mol. The predicted octanol–water partition coefficient (Wildman–Crippen LogP) is 2.48. The highest BCUT2D eigenvalue weighted by atomic mass is 16.5. The molecular weight excluding hydrogens is 354 g/mol. The number of nitrogens with zero attached hydrogens (tertiary/aromatic N) is 3. The van der Waals surface area contributed by atoms with Gasteiger partial charge in [-0.15, -0.1) is 0 Å². The van der Waals surface area contributed by atoms with Gasteiger partial charge in [0.25, 0.3) is 0 Å². The second kappa shape index (κ2) is 9.46. The highest BCUT2D eigenvalue weighted by Crippen LogP contribution is 2.31. The van der Waals surface area contributed by atoms with Crippen molar-refractivity contribution in [3.63, 3.8) is 0 Å². The molecule has 0 aliphatic carbocycles. The molecule has 1 amide bonds. The molecule has 2 aromatic rings. The first-order chi connectivity index (χ1) is 13.6. The Morgan fingerprint density at radius 1 is 0.964 bits per heavy atom. The topological polar surface area (TPSA) is 45.2 Å². The van der Waals surface area contributed by atoms with Crippen molar-refractivity contribution in [2.75, 3.05) is 58.9 Å². The van der Waals surface area contributed by atoms with Crippen molar-refractivity contribution in [3.05, 3.63) is 54.1 Å². The Morgan fingerprint density at radius 3 is 2.32 bits per heavy atom. The maximum Gasteiger partial charge on any atom is 0.236 e. The number of likely N-dealkylation sites (N-methyl/N-ethyl adjacent to an activating group) is 1. The Labute approximate surface area is 167 Å². The van der Waals surface area contributed by atoms with Gasteiger partial charge in [-0.25, -0.2) is 0 Å². The third-order valence-corrected chi connectivity index (χ3v) is 5.08. The molecular formula is C22H29N3O3. The molecule has 6 nitrogen and oxygen atoms in total. The largest absolute Gasteiger partial charge is 0.493 e. The van der Waals surface area contributed by atoms with E-state index in [0.717, 1.165) is 37.5 Å². The first kappa shape index (κ1) is 20.0. The monoisotopic (exact) mass is 383 g/mol. The van der Waals surface area contributed by atoms with E-state index in [1.807, 2.05) is 41.1 Å². The summed E-state index contributed by atoms with van der Waals surface area (Å²) < 4.78 is 10.8. The zero-order valence-corrected chi connectivity index (χ0v) is 16.9. The van der Waals surface area contributed by atoms with E-state index in [1.165, 1.54) is 5.69 Å². The summed E-state index contributed by atoms with van der Waals surface area (Å²) in [5, 5.41) is 0. The molecule has 0 radical (unpaired) electrons. The van der Waals surface area contributed by atoms with Crippen LogP contribution in [0.5, 0.6) is 11.5 Å². The number of amides is 1. The molecule has 2 aromatic carbocycles. The van der Waals surface area contributed by atoms with Crippen molar-refractivity contribution in [1.82, 2.24) is 9.80 Å². The molecule has 0 atom stereocenters. The van der Waals surface area contributed by atoms with Gasteiger partial charge in [0.15, 0.2) is 11.5 Å². The summed E-state index contributed by atoms with van der Waals surface area (Å²) in [5.41, 5.74) is 2.22. The van der Waals surface area contributed by atoms with Gasteiger partial charge >= 0.3 is 0 Å². The molecule has 150 valence electrons. The van der Waals surface area contributed by atoms with E-state index in [-0.39, 0.29) is 5.91 Å². The Morgan fingerprint density at radius 2 is 1.68 bits per heavy atom. The lowest BCUT2D eigenvalue weighted by Gasteiger charge is -2.36. The smallest absolute Gasteiger partial charge is 0.236 e. The zero-order chi connectivity index (χ0) is 19.9. The van der Waals surface area contributed by atoms with Crippen LogP contribution in [0, 0.1) is 0 Å². The molecule has 3 rings (SSSR count). The van der Waals surface area contributed by atoms with Crippen LogP contribution < -0.4 is 14.4 Å². The average Bonchev–Trinajstić information content (AvgIpc) is 2.74. The van der Waals surface area contributed by atoms with Crippen LogP contribution in [0.15, 0.2) is 48.5 Å². The summed E-state index contributed by atoms with van der Waals surface area (Å²) in [4.78, 5) is 19.0. The molecule has 1 aliphatic rings. The molecule has 6 heteroatoms. The Hall–Kier alpha value is -2.73. The number of ether oxygens (including phenoxy) is 2.